The van der Waals surface area contributed by atoms with E-state index in [4.69, 9.17) is 5.11 Å². The normalized spacial score (nSPS) is 12.5. The lowest BCUT2D eigenvalue weighted by Crippen LogP contribution is -2.35. The van der Waals surface area contributed by atoms with Gasteiger partial charge in [-0.1, -0.05) is 13.8 Å². The molecule has 0 fully saturated rings. The van der Waals surface area contributed by atoms with Gasteiger partial charge in [0.25, 0.3) is 0 Å². The van der Waals surface area contributed by atoms with Crippen molar-refractivity contribution < 1.29 is 23.1 Å². The van der Waals surface area contributed by atoms with Crippen molar-refractivity contribution in [2.45, 2.75) is 34.1 Å². The first-order valence-electron chi connectivity index (χ1n) is 6.17. The van der Waals surface area contributed by atoms with Gasteiger partial charge in [-0.25, -0.2) is 8.42 Å². The zero-order valence-corrected chi connectivity index (χ0v) is 12.7. The van der Waals surface area contributed by atoms with E-state index in [2.05, 4.69) is 5.32 Å². The molecule has 0 saturated heterocycles. The third-order valence-electron chi connectivity index (χ3n) is 2.59. The Kier molecular flexibility index (Phi) is 6.48. The van der Waals surface area contributed by atoms with E-state index in [1.807, 2.05) is 0 Å². The number of carbonyl (C=O) groups excluding carboxylic acids is 1. The highest BCUT2D eigenvalue weighted by atomic mass is 32.2. The lowest BCUT2D eigenvalue weighted by Gasteiger charge is -2.18. The summed E-state index contributed by atoms with van der Waals surface area (Å²) in [6.45, 7) is 6.79. The van der Waals surface area contributed by atoms with Crippen molar-refractivity contribution in [2.24, 2.45) is 11.3 Å². The quantitative estimate of drug-likeness (QED) is 0.685. The van der Waals surface area contributed by atoms with Crippen LogP contribution in [0.4, 0.5) is 0 Å². The molecule has 0 aromatic rings. The number of hydrogen-bond donors (Lipinski definition) is 2. The highest BCUT2D eigenvalue weighted by molar-refractivity contribution is 7.92. The van der Waals surface area contributed by atoms with Gasteiger partial charge in [0.1, 0.15) is 5.75 Å². The highest BCUT2D eigenvalue weighted by Gasteiger charge is 2.27. The summed E-state index contributed by atoms with van der Waals surface area (Å²) in [7, 11) is -3.39. The Labute approximate surface area is 114 Å². The largest absolute Gasteiger partial charge is 0.481 e. The molecule has 0 bridgehead atoms. The van der Waals surface area contributed by atoms with E-state index < -0.39 is 32.9 Å². The van der Waals surface area contributed by atoms with Crippen LogP contribution in [0.15, 0.2) is 0 Å². The number of hydrogen-bond acceptors (Lipinski definition) is 4. The Balaban J connectivity index is 4.18. The summed E-state index contributed by atoms with van der Waals surface area (Å²) in [4.78, 5) is 22.3. The molecule has 19 heavy (non-hydrogen) atoms. The molecule has 0 heterocycles. The molecule has 0 unspecified atom stereocenters. The van der Waals surface area contributed by atoms with Gasteiger partial charge in [-0.05, 0) is 26.2 Å². The molecule has 112 valence electrons. The second-order valence-electron chi connectivity index (χ2n) is 5.74. The van der Waals surface area contributed by atoms with Crippen molar-refractivity contribution in [2.75, 3.05) is 18.1 Å². The second-order valence-corrected chi connectivity index (χ2v) is 7.85. The van der Waals surface area contributed by atoms with Crippen LogP contribution in [0.3, 0.4) is 0 Å². The molecule has 0 rings (SSSR count). The Hall–Kier alpha value is -1.11. The van der Waals surface area contributed by atoms with Gasteiger partial charge in [0.2, 0.25) is 5.91 Å². The van der Waals surface area contributed by atoms with Crippen LogP contribution >= 0.6 is 0 Å². The van der Waals surface area contributed by atoms with E-state index in [9.17, 15) is 18.0 Å². The standard InChI is InChI=1S/C12H23NO5S/c1-9(2)7-19(17,18)8-10(14)13-6-5-12(3,4)11(15)16/h9H,5-8H2,1-4H3,(H,13,14)(H,15,16). The van der Waals surface area contributed by atoms with Gasteiger partial charge in [0.15, 0.2) is 9.84 Å². The fraction of sp³-hybridized carbons (Fsp3) is 0.833. The zero-order valence-electron chi connectivity index (χ0n) is 11.9. The van der Waals surface area contributed by atoms with Crippen molar-refractivity contribution in [1.29, 1.82) is 0 Å². The molecule has 0 aliphatic heterocycles. The second kappa shape index (κ2) is 6.88. The molecule has 0 radical (unpaired) electrons. The molecular formula is C12H23NO5S. The lowest BCUT2D eigenvalue weighted by molar-refractivity contribution is -0.147. The molecule has 1 amide bonds. The van der Waals surface area contributed by atoms with E-state index in [0.29, 0.717) is 0 Å². The maximum Gasteiger partial charge on any atom is 0.309 e. The molecule has 0 aromatic heterocycles. The maximum absolute atomic E-state index is 11.6. The van der Waals surface area contributed by atoms with E-state index in [-0.39, 0.29) is 24.6 Å². The number of sulfone groups is 1. The van der Waals surface area contributed by atoms with Crippen LogP contribution in [0.25, 0.3) is 0 Å². The molecule has 2 N–H and O–H groups in total. The topological polar surface area (TPSA) is 101 Å². The third kappa shape index (κ3) is 7.81. The zero-order chi connectivity index (χ0) is 15.3. The minimum absolute atomic E-state index is 0.0243. The highest BCUT2D eigenvalue weighted by Crippen LogP contribution is 2.19. The van der Waals surface area contributed by atoms with Crippen LogP contribution in [0.2, 0.25) is 0 Å². The fourth-order valence-electron chi connectivity index (χ4n) is 1.44. The minimum Gasteiger partial charge on any atom is -0.481 e. The molecule has 0 aliphatic carbocycles. The number of carboxylic acids is 1. The summed E-state index contributed by atoms with van der Waals surface area (Å²) in [5.74, 6) is -2.13. The maximum atomic E-state index is 11.6. The van der Waals surface area contributed by atoms with Crippen molar-refractivity contribution >= 4 is 21.7 Å². The number of rotatable bonds is 8. The van der Waals surface area contributed by atoms with Crippen molar-refractivity contribution in [3.63, 3.8) is 0 Å². The van der Waals surface area contributed by atoms with Crippen LogP contribution in [-0.4, -0.2) is 43.5 Å². The Morgan fingerprint density at radius 1 is 1.26 bits per heavy atom. The Morgan fingerprint density at radius 3 is 2.21 bits per heavy atom. The minimum atomic E-state index is -3.39. The van der Waals surface area contributed by atoms with E-state index in [0.717, 1.165) is 0 Å². The van der Waals surface area contributed by atoms with E-state index >= 15 is 0 Å². The molecule has 7 heteroatoms. The number of carboxylic acid groups (broad SMARTS) is 1. The van der Waals surface area contributed by atoms with Crippen LogP contribution in [-0.2, 0) is 19.4 Å². The molecule has 0 aliphatic rings. The lowest BCUT2D eigenvalue weighted by atomic mass is 9.90. The summed E-state index contributed by atoms with van der Waals surface area (Å²) in [6, 6.07) is 0. The number of carbonyl (C=O) groups is 2. The van der Waals surface area contributed by atoms with Gasteiger partial charge in [0, 0.05) is 6.54 Å². The van der Waals surface area contributed by atoms with Gasteiger partial charge >= 0.3 is 5.97 Å². The van der Waals surface area contributed by atoms with E-state index in [1.54, 1.807) is 27.7 Å². The first-order valence-corrected chi connectivity index (χ1v) is 7.99. The fourth-order valence-corrected chi connectivity index (χ4v) is 3.07. The van der Waals surface area contributed by atoms with Crippen LogP contribution in [0.1, 0.15) is 34.1 Å². The molecule has 0 saturated carbocycles. The Bertz CT molecular complexity index is 425. The van der Waals surface area contributed by atoms with Gasteiger partial charge in [-0.3, -0.25) is 9.59 Å². The summed E-state index contributed by atoms with van der Waals surface area (Å²) in [6.07, 6.45) is 0.248. The molecular weight excluding hydrogens is 270 g/mol. The first kappa shape index (κ1) is 17.9. The van der Waals surface area contributed by atoms with Gasteiger partial charge in [-0.15, -0.1) is 0 Å². The average molecular weight is 293 g/mol. The monoisotopic (exact) mass is 293 g/mol. The van der Waals surface area contributed by atoms with Gasteiger partial charge in [-0.2, -0.15) is 0 Å². The van der Waals surface area contributed by atoms with Crippen molar-refractivity contribution in [3.8, 4) is 0 Å². The first-order chi connectivity index (χ1) is 8.46. The van der Waals surface area contributed by atoms with Crippen LogP contribution in [0, 0.1) is 11.3 Å². The predicted molar refractivity (Wildman–Crippen MR) is 72.5 cm³/mol. The van der Waals surface area contributed by atoms with Crippen molar-refractivity contribution in [3.05, 3.63) is 0 Å². The summed E-state index contributed by atoms with van der Waals surface area (Å²) in [5, 5.41) is 11.3. The third-order valence-corrected chi connectivity index (χ3v) is 4.47. The number of amides is 1. The summed E-state index contributed by atoms with van der Waals surface area (Å²) < 4.78 is 23.1. The molecule has 6 nitrogen and oxygen atoms in total. The molecule has 0 aromatic carbocycles. The van der Waals surface area contributed by atoms with Crippen molar-refractivity contribution in [1.82, 2.24) is 5.32 Å². The SMILES string of the molecule is CC(C)CS(=O)(=O)CC(=O)NCCC(C)(C)C(=O)O. The van der Waals surface area contributed by atoms with E-state index in [1.165, 1.54) is 0 Å². The van der Waals surface area contributed by atoms with Gasteiger partial charge in [0.05, 0.1) is 11.2 Å². The Morgan fingerprint density at radius 2 is 1.79 bits per heavy atom. The number of aliphatic carboxylic acids is 1. The average Bonchev–Trinajstić information content (AvgIpc) is 2.13. The predicted octanol–water partition coefficient (Wildman–Crippen LogP) is 0.674. The van der Waals surface area contributed by atoms with Gasteiger partial charge < -0.3 is 10.4 Å². The smallest absolute Gasteiger partial charge is 0.309 e. The molecule has 0 spiro atoms. The summed E-state index contributed by atoms with van der Waals surface area (Å²) in [5.41, 5.74) is -0.940. The van der Waals surface area contributed by atoms with Crippen LogP contribution < -0.4 is 5.32 Å². The molecule has 0 atom stereocenters. The number of nitrogens with one attached hydrogen (secondary N) is 1. The summed E-state index contributed by atoms with van der Waals surface area (Å²) >= 11 is 0. The van der Waals surface area contributed by atoms with Crippen LogP contribution in [0.5, 0.6) is 0 Å².